The van der Waals surface area contributed by atoms with Gasteiger partial charge in [-0.05, 0) is 73.2 Å². The molecule has 7 nitrogen and oxygen atoms in total. The number of aromatic nitrogens is 1. The van der Waals surface area contributed by atoms with Crippen molar-refractivity contribution in [3.63, 3.8) is 0 Å². The number of nitrogens with zero attached hydrogens (tertiary/aromatic N) is 1. The van der Waals surface area contributed by atoms with E-state index in [9.17, 15) is 14.4 Å². The largest absolute Gasteiger partial charge is 0.321 e. The number of carbonyl (C=O) groups excluding carboxylic acids is 3. The van der Waals surface area contributed by atoms with Crippen molar-refractivity contribution in [3.05, 3.63) is 125 Å². The Balaban J connectivity index is 1.28. The van der Waals surface area contributed by atoms with Gasteiger partial charge in [0.25, 0.3) is 11.8 Å². The Morgan fingerprint density at radius 1 is 0.881 bits per heavy atom. The zero-order chi connectivity index (χ0) is 29.5. The number of carbonyl (C=O) groups is 3. The van der Waals surface area contributed by atoms with Gasteiger partial charge in [-0.1, -0.05) is 71.5 Å². The second-order valence-corrected chi connectivity index (χ2v) is 12.0. The van der Waals surface area contributed by atoms with Crippen molar-refractivity contribution in [2.45, 2.75) is 17.1 Å². The van der Waals surface area contributed by atoms with Gasteiger partial charge in [-0.15, -0.1) is 11.8 Å². The Kier molecular flexibility index (Phi) is 9.33. The molecule has 1 aromatic heterocycles. The fourth-order valence-corrected chi connectivity index (χ4v) is 5.94. The van der Waals surface area contributed by atoms with Crippen molar-refractivity contribution in [2.75, 3.05) is 10.6 Å². The molecule has 0 fully saturated rings. The van der Waals surface area contributed by atoms with Crippen molar-refractivity contribution in [3.8, 4) is 0 Å². The summed E-state index contributed by atoms with van der Waals surface area (Å²) in [5, 5.41) is 9.09. The summed E-state index contributed by atoms with van der Waals surface area (Å²) in [6.07, 6.45) is 1.56. The Labute approximate surface area is 256 Å². The molecule has 4 aromatic carbocycles. The third-order valence-electron chi connectivity index (χ3n) is 5.99. The van der Waals surface area contributed by atoms with Crippen molar-refractivity contribution >= 4 is 79.5 Å². The first-order valence-corrected chi connectivity index (χ1v) is 15.0. The maximum absolute atomic E-state index is 13.4. The molecular formula is C32H25ClN4O3S2. The number of amides is 3. The molecule has 210 valence electrons. The molecule has 0 aliphatic heterocycles. The number of nitrogens with one attached hydrogen (secondary N) is 3. The van der Waals surface area contributed by atoms with Gasteiger partial charge in [0.1, 0.15) is 5.70 Å². The van der Waals surface area contributed by atoms with E-state index in [2.05, 4.69) is 20.9 Å². The third kappa shape index (κ3) is 7.64. The normalized spacial score (nSPS) is 12.0. The van der Waals surface area contributed by atoms with Gasteiger partial charge in [0.2, 0.25) is 5.91 Å². The minimum atomic E-state index is -0.511. The second-order valence-electron chi connectivity index (χ2n) is 9.15. The van der Waals surface area contributed by atoms with Gasteiger partial charge < -0.3 is 16.0 Å². The van der Waals surface area contributed by atoms with Crippen LogP contribution < -0.4 is 16.0 Å². The van der Waals surface area contributed by atoms with E-state index in [-0.39, 0.29) is 11.6 Å². The highest BCUT2D eigenvalue weighted by atomic mass is 35.5. The number of para-hydroxylation sites is 1. The van der Waals surface area contributed by atoms with Gasteiger partial charge in [0.05, 0.1) is 15.5 Å². The first-order valence-electron chi connectivity index (χ1n) is 12.9. The summed E-state index contributed by atoms with van der Waals surface area (Å²) in [6, 6.07) is 30.5. The van der Waals surface area contributed by atoms with Crippen LogP contribution >= 0.6 is 34.7 Å². The van der Waals surface area contributed by atoms with Crippen molar-refractivity contribution in [1.82, 2.24) is 10.3 Å². The van der Waals surface area contributed by atoms with E-state index >= 15 is 0 Å². The van der Waals surface area contributed by atoms with Crippen LogP contribution in [0.15, 0.2) is 114 Å². The van der Waals surface area contributed by atoms with E-state index in [1.165, 1.54) is 23.1 Å². The zero-order valence-corrected chi connectivity index (χ0v) is 24.7. The molecule has 5 rings (SSSR count). The maximum atomic E-state index is 13.4. The van der Waals surface area contributed by atoms with Crippen LogP contribution in [0.1, 0.15) is 22.8 Å². The van der Waals surface area contributed by atoms with Crippen LogP contribution in [0.4, 0.5) is 10.8 Å². The van der Waals surface area contributed by atoms with Crippen molar-refractivity contribution in [1.29, 1.82) is 0 Å². The number of hydrogen-bond donors (Lipinski definition) is 3. The van der Waals surface area contributed by atoms with Crippen molar-refractivity contribution < 1.29 is 14.4 Å². The molecule has 1 atom stereocenters. The van der Waals surface area contributed by atoms with Crippen LogP contribution in [0.2, 0.25) is 5.02 Å². The zero-order valence-electron chi connectivity index (χ0n) is 22.3. The molecule has 5 aromatic rings. The van der Waals surface area contributed by atoms with Gasteiger partial charge in [-0.25, -0.2) is 4.98 Å². The minimum absolute atomic E-state index is 0.0488. The molecule has 1 heterocycles. The van der Waals surface area contributed by atoms with Crippen LogP contribution in [0, 0.1) is 0 Å². The van der Waals surface area contributed by atoms with Gasteiger partial charge >= 0.3 is 0 Å². The van der Waals surface area contributed by atoms with Gasteiger partial charge in [0.15, 0.2) is 5.13 Å². The molecule has 0 spiro atoms. The fourth-order valence-electron chi connectivity index (χ4n) is 3.94. The van der Waals surface area contributed by atoms with E-state index in [1.54, 1.807) is 72.8 Å². The highest BCUT2D eigenvalue weighted by Crippen LogP contribution is 2.29. The standard InChI is InChI=1S/C32H25ClN4O3S2/c1-20(29(38)37-32-36-26-15-5-6-16-28(26)42-32)41-25-14-8-13-24(19-25)34-31(40)27(18-21-9-7-12-23(33)17-21)35-30(39)22-10-3-2-4-11-22/h2-20H,1H3,(H,34,40)(H,35,39)(H,36,37,38)/b27-18-. The lowest BCUT2D eigenvalue weighted by atomic mass is 10.1. The summed E-state index contributed by atoms with van der Waals surface area (Å²) in [4.78, 5) is 44.4. The van der Waals surface area contributed by atoms with Crippen LogP contribution in [0.3, 0.4) is 0 Å². The minimum Gasteiger partial charge on any atom is -0.321 e. The number of thiazole rings is 1. The van der Waals surface area contributed by atoms with Crippen LogP contribution in [0.25, 0.3) is 16.3 Å². The maximum Gasteiger partial charge on any atom is 0.272 e. The number of thioether (sulfide) groups is 1. The first kappa shape index (κ1) is 29.1. The summed E-state index contributed by atoms with van der Waals surface area (Å²) in [5.74, 6) is -1.11. The fraction of sp³-hybridized carbons (Fsp3) is 0.0625. The average molecular weight is 613 g/mol. The molecule has 1 unspecified atom stereocenters. The third-order valence-corrected chi connectivity index (χ3v) is 8.27. The van der Waals surface area contributed by atoms with E-state index < -0.39 is 17.1 Å². The SMILES string of the molecule is CC(Sc1cccc(NC(=O)/C(=C/c2cccc(Cl)c2)NC(=O)c2ccccc2)c1)C(=O)Nc1nc2ccccc2s1. The van der Waals surface area contributed by atoms with Gasteiger partial charge in [-0.2, -0.15) is 0 Å². The van der Waals surface area contributed by atoms with Crippen LogP contribution in [0.5, 0.6) is 0 Å². The monoisotopic (exact) mass is 612 g/mol. The summed E-state index contributed by atoms with van der Waals surface area (Å²) in [7, 11) is 0. The van der Waals surface area contributed by atoms with E-state index in [0.717, 1.165) is 15.1 Å². The molecule has 0 radical (unpaired) electrons. The number of hydrogen-bond acceptors (Lipinski definition) is 6. The molecule has 42 heavy (non-hydrogen) atoms. The predicted molar refractivity (Wildman–Crippen MR) is 172 cm³/mol. The Morgan fingerprint density at radius 3 is 2.43 bits per heavy atom. The lowest BCUT2D eigenvalue weighted by Crippen LogP contribution is -2.30. The molecule has 0 aliphatic rings. The number of anilines is 2. The second kappa shape index (κ2) is 13.5. The summed E-state index contributed by atoms with van der Waals surface area (Å²) >= 11 is 8.91. The molecule has 0 saturated heterocycles. The van der Waals surface area contributed by atoms with Crippen molar-refractivity contribution in [2.24, 2.45) is 0 Å². The Bertz CT molecular complexity index is 1760. The Morgan fingerprint density at radius 2 is 1.64 bits per heavy atom. The molecule has 0 bridgehead atoms. The summed E-state index contributed by atoms with van der Waals surface area (Å²) in [5.41, 5.74) is 2.46. The quantitative estimate of drug-likeness (QED) is 0.118. The molecule has 3 amide bonds. The first-order chi connectivity index (χ1) is 20.3. The number of halogens is 1. The molecular weight excluding hydrogens is 588 g/mol. The molecule has 0 aliphatic carbocycles. The Hall–Kier alpha value is -4.44. The number of fused-ring (bicyclic) bond motifs is 1. The number of rotatable bonds is 9. The van der Waals surface area contributed by atoms with E-state index in [1.807, 2.05) is 43.3 Å². The molecule has 3 N–H and O–H groups in total. The lowest BCUT2D eigenvalue weighted by molar-refractivity contribution is -0.115. The van der Waals surface area contributed by atoms with Gasteiger partial charge in [-0.3, -0.25) is 14.4 Å². The molecule has 0 saturated carbocycles. The molecule has 10 heteroatoms. The number of benzene rings is 4. The lowest BCUT2D eigenvalue weighted by Gasteiger charge is -2.13. The summed E-state index contributed by atoms with van der Waals surface area (Å²) in [6.45, 7) is 1.81. The predicted octanol–water partition coefficient (Wildman–Crippen LogP) is 7.48. The smallest absolute Gasteiger partial charge is 0.272 e. The highest BCUT2D eigenvalue weighted by molar-refractivity contribution is 8.00. The summed E-state index contributed by atoms with van der Waals surface area (Å²) < 4.78 is 1.00. The highest BCUT2D eigenvalue weighted by Gasteiger charge is 2.18. The average Bonchev–Trinajstić information content (AvgIpc) is 3.40. The van der Waals surface area contributed by atoms with Crippen LogP contribution in [-0.4, -0.2) is 28.0 Å². The van der Waals surface area contributed by atoms with E-state index in [4.69, 9.17) is 11.6 Å². The topological polar surface area (TPSA) is 100 Å². The van der Waals surface area contributed by atoms with Gasteiger partial charge in [0, 0.05) is 21.2 Å². The van der Waals surface area contributed by atoms with Crippen LogP contribution in [-0.2, 0) is 9.59 Å². The van der Waals surface area contributed by atoms with E-state index in [0.29, 0.717) is 27.0 Å².